The summed E-state index contributed by atoms with van der Waals surface area (Å²) in [4.78, 5) is 9.63. The zero-order valence-electron chi connectivity index (χ0n) is 17.4. The van der Waals surface area contributed by atoms with Gasteiger partial charge in [0.2, 0.25) is 5.71 Å². The van der Waals surface area contributed by atoms with Crippen LogP contribution in [0.4, 0.5) is 11.4 Å². The largest absolute Gasteiger partial charge is 0.456 e. The number of furan rings is 2. The molecule has 3 aromatic carbocycles. The van der Waals surface area contributed by atoms with Gasteiger partial charge in [-0.2, -0.15) is 0 Å². The van der Waals surface area contributed by atoms with Crippen molar-refractivity contribution in [1.82, 2.24) is 9.97 Å². The summed E-state index contributed by atoms with van der Waals surface area (Å²) in [6, 6.07) is 30.0. The molecule has 1 N–H and O–H groups in total. The highest BCUT2D eigenvalue weighted by molar-refractivity contribution is 6.14. The predicted octanol–water partition coefficient (Wildman–Crippen LogP) is 7.69. The molecule has 0 aliphatic rings. The van der Waals surface area contributed by atoms with E-state index in [0.717, 1.165) is 61.1 Å². The number of fused-ring (bicyclic) bond motifs is 6. The van der Waals surface area contributed by atoms with Crippen molar-refractivity contribution in [3.63, 3.8) is 0 Å². The maximum atomic E-state index is 6.17. The Hall–Kier alpha value is -4.64. The Morgan fingerprint density at radius 1 is 0.636 bits per heavy atom. The van der Waals surface area contributed by atoms with Crippen molar-refractivity contribution in [3.05, 3.63) is 97.2 Å². The van der Waals surface area contributed by atoms with Crippen LogP contribution in [0.5, 0.6) is 0 Å². The molecule has 33 heavy (non-hydrogen) atoms. The van der Waals surface area contributed by atoms with Gasteiger partial charge in [-0.05, 0) is 36.4 Å². The zero-order chi connectivity index (χ0) is 21.8. The van der Waals surface area contributed by atoms with Gasteiger partial charge in [0.25, 0.3) is 0 Å². The first kappa shape index (κ1) is 18.0. The Morgan fingerprint density at radius 3 is 2.15 bits per heavy atom. The van der Waals surface area contributed by atoms with Crippen molar-refractivity contribution in [2.24, 2.45) is 0 Å². The number of hydrogen-bond acceptors (Lipinski definition) is 5. The number of para-hydroxylation sites is 3. The summed E-state index contributed by atoms with van der Waals surface area (Å²) in [6.45, 7) is 0. The summed E-state index contributed by atoms with van der Waals surface area (Å²) >= 11 is 0. The molecule has 0 atom stereocenters. The van der Waals surface area contributed by atoms with Crippen LogP contribution in [0.1, 0.15) is 0 Å². The number of aromatic nitrogens is 2. The molecule has 0 saturated carbocycles. The van der Waals surface area contributed by atoms with E-state index >= 15 is 0 Å². The van der Waals surface area contributed by atoms with Gasteiger partial charge in [0.05, 0.1) is 22.2 Å². The molecular weight excluding hydrogens is 410 g/mol. The molecule has 0 radical (unpaired) electrons. The number of nitrogens with one attached hydrogen (secondary N) is 1. The van der Waals surface area contributed by atoms with Crippen LogP contribution in [0, 0.1) is 0 Å². The van der Waals surface area contributed by atoms with Gasteiger partial charge < -0.3 is 14.2 Å². The summed E-state index contributed by atoms with van der Waals surface area (Å²) in [6.07, 6.45) is 1.76. The van der Waals surface area contributed by atoms with Crippen LogP contribution in [0.3, 0.4) is 0 Å². The maximum Gasteiger partial charge on any atom is 0.230 e. The molecule has 4 aromatic heterocycles. The third-order valence-corrected chi connectivity index (χ3v) is 5.93. The summed E-state index contributed by atoms with van der Waals surface area (Å²) in [5.41, 5.74) is 6.36. The highest BCUT2D eigenvalue weighted by Gasteiger charge is 2.19. The lowest BCUT2D eigenvalue weighted by atomic mass is 10.1. The minimum Gasteiger partial charge on any atom is -0.456 e. The van der Waals surface area contributed by atoms with Crippen molar-refractivity contribution in [1.29, 1.82) is 0 Å². The first-order chi connectivity index (χ1) is 16.3. The number of benzene rings is 3. The second kappa shape index (κ2) is 6.93. The molecule has 0 spiro atoms. The van der Waals surface area contributed by atoms with E-state index in [4.69, 9.17) is 18.8 Å². The highest BCUT2D eigenvalue weighted by atomic mass is 16.3. The average Bonchev–Trinajstić information content (AvgIpc) is 3.43. The van der Waals surface area contributed by atoms with Crippen molar-refractivity contribution in [2.45, 2.75) is 0 Å². The first-order valence-corrected chi connectivity index (χ1v) is 10.8. The Bertz CT molecular complexity index is 1800. The Morgan fingerprint density at radius 2 is 1.33 bits per heavy atom. The minimum atomic E-state index is 0.568. The van der Waals surface area contributed by atoms with Gasteiger partial charge in [0.15, 0.2) is 0 Å². The Kier molecular flexibility index (Phi) is 3.78. The standard InChI is InChI=1S/C28H17N3O2/c1-2-8-17(9-3-1)30-20-16-21(31-28-25(20)18-10-4-7-13-23(18)33-28)27-26-19-11-5-6-12-22(19)32-24(26)14-15-29-27/h1-16H,(H,30,31). The van der Waals surface area contributed by atoms with Gasteiger partial charge in [-0.3, -0.25) is 4.98 Å². The molecule has 0 bridgehead atoms. The quantitative estimate of drug-likeness (QED) is 0.313. The van der Waals surface area contributed by atoms with Gasteiger partial charge in [-0.25, -0.2) is 4.98 Å². The van der Waals surface area contributed by atoms with Gasteiger partial charge >= 0.3 is 0 Å². The molecule has 0 amide bonds. The molecule has 4 heterocycles. The summed E-state index contributed by atoms with van der Waals surface area (Å²) in [5, 5.41) is 7.49. The number of anilines is 2. The molecule has 0 fully saturated rings. The van der Waals surface area contributed by atoms with E-state index in [9.17, 15) is 0 Å². The van der Waals surface area contributed by atoms with Crippen LogP contribution in [0.15, 0.2) is 106 Å². The Labute approximate surface area is 188 Å². The number of hydrogen-bond donors (Lipinski definition) is 1. The number of pyridine rings is 2. The van der Waals surface area contributed by atoms with Crippen molar-refractivity contribution >= 4 is 55.4 Å². The van der Waals surface area contributed by atoms with Crippen molar-refractivity contribution in [3.8, 4) is 11.4 Å². The second-order valence-corrected chi connectivity index (χ2v) is 7.96. The smallest absolute Gasteiger partial charge is 0.230 e. The molecule has 5 nitrogen and oxygen atoms in total. The van der Waals surface area contributed by atoms with Crippen LogP contribution in [0.2, 0.25) is 0 Å². The van der Waals surface area contributed by atoms with E-state index < -0.39 is 0 Å². The normalized spacial score (nSPS) is 11.6. The predicted molar refractivity (Wildman–Crippen MR) is 132 cm³/mol. The van der Waals surface area contributed by atoms with E-state index in [-0.39, 0.29) is 0 Å². The number of rotatable bonds is 3. The van der Waals surface area contributed by atoms with Crippen LogP contribution in [0.25, 0.3) is 55.4 Å². The van der Waals surface area contributed by atoms with E-state index in [1.54, 1.807) is 6.20 Å². The Balaban J connectivity index is 1.54. The monoisotopic (exact) mass is 427 g/mol. The van der Waals surface area contributed by atoms with Crippen LogP contribution >= 0.6 is 0 Å². The van der Waals surface area contributed by atoms with Crippen molar-refractivity contribution in [2.75, 3.05) is 5.32 Å². The van der Waals surface area contributed by atoms with Crippen LogP contribution < -0.4 is 5.32 Å². The lowest BCUT2D eigenvalue weighted by Gasteiger charge is -2.10. The van der Waals surface area contributed by atoms with Gasteiger partial charge in [0, 0.05) is 22.7 Å². The number of nitrogens with zero attached hydrogens (tertiary/aromatic N) is 2. The third-order valence-electron chi connectivity index (χ3n) is 5.93. The summed E-state index contributed by atoms with van der Waals surface area (Å²) in [7, 11) is 0. The van der Waals surface area contributed by atoms with E-state index in [1.807, 2.05) is 78.9 Å². The SMILES string of the molecule is c1ccc(Nc2cc(-c3nccc4oc5ccccc5c34)nc3oc4ccccc4c23)cc1. The molecule has 156 valence electrons. The molecule has 0 unspecified atom stereocenters. The molecular formula is C28H17N3O2. The molecule has 0 saturated heterocycles. The third kappa shape index (κ3) is 2.79. The average molecular weight is 427 g/mol. The van der Waals surface area contributed by atoms with Crippen molar-refractivity contribution < 1.29 is 8.83 Å². The summed E-state index contributed by atoms with van der Waals surface area (Å²) in [5.74, 6) is 0. The lowest BCUT2D eigenvalue weighted by molar-refractivity contribution is 0.654. The molecule has 0 aliphatic carbocycles. The molecule has 0 aliphatic heterocycles. The van der Waals surface area contributed by atoms with E-state index in [1.165, 1.54) is 0 Å². The first-order valence-electron chi connectivity index (χ1n) is 10.8. The molecule has 7 rings (SSSR count). The topological polar surface area (TPSA) is 64.1 Å². The second-order valence-electron chi connectivity index (χ2n) is 7.96. The zero-order valence-corrected chi connectivity index (χ0v) is 17.4. The van der Waals surface area contributed by atoms with E-state index in [2.05, 4.69) is 17.4 Å². The lowest BCUT2D eigenvalue weighted by Crippen LogP contribution is -1.95. The highest BCUT2D eigenvalue weighted by Crippen LogP contribution is 2.40. The summed E-state index contributed by atoms with van der Waals surface area (Å²) < 4.78 is 12.2. The van der Waals surface area contributed by atoms with Gasteiger partial charge in [-0.1, -0.05) is 54.6 Å². The van der Waals surface area contributed by atoms with Crippen LogP contribution in [-0.2, 0) is 0 Å². The fourth-order valence-electron chi connectivity index (χ4n) is 4.48. The molecule has 7 aromatic rings. The van der Waals surface area contributed by atoms with E-state index in [0.29, 0.717) is 5.71 Å². The minimum absolute atomic E-state index is 0.568. The fraction of sp³-hybridized carbons (Fsp3) is 0. The maximum absolute atomic E-state index is 6.17. The molecule has 5 heteroatoms. The van der Waals surface area contributed by atoms with Crippen LogP contribution in [-0.4, -0.2) is 9.97 Å². The van der Waals surface area contributed by atoms with Gasteiger partial charge in [-0.15, -0.1) is 0 Å². The van der Waals surface area contributed by atoms with Gasteiger partial charge in [0.1, 0.15) is 22.4 Å². The fourth-order valence-corrected chi connectivity index (χ4v) is 4.48.